The number of carbonyl (C=O) groups excluding carboxylic acids is 1. The van der Waals surface area contributed by atoms with Gasteiger partial charge in [0.25, 0.3) is 0 Å². The molecule has 110 valence electrons. The molecule has 0 aromatic heterocycles. The van der Waals surface area contributed by atoms with Gasteiger partial charge in [-0.3, -0.25) is 4.79 Å². The van der Waals surface area contributed by atoms with Gasteiger partial charge in [0.1, 0.15) is 0 Å². The van der Waals surface area contributed by atoms with Crippen LogP contribution in [0.1, 0.15) is 60.3 Å². The first-order valence-electron chi connectivity index (χ1n) is 7.14. The summed E-state index contributed by atoms with van der Waals surface area (Å²) in [5.74, 6) is -0.207. The molecule has 2 unspecified atom stereocenters. The van der Waals surface area contributed by atoms with E-state index >= 15 is 0 Å². The third-order valence-electron chi connectivity index (χ3n) is 3.65. The summed E-state index contributed by atoms with van der Waals surface area (Å²) < 4.78 is 11.0. The molecule has 0 spiro atoms. The first-order chi connectivity index (χ1) is 8.65. The summed E-state index contributed by atoms with van der Waals surface area (Å²) >= 11 is 0. The van der Waals surface area contributed by atoms with Gasteiger partial charge in [0, 0.05) is 6.42 Å². The highest BCUT2D eigenvalue weighted by atomic mass is 16.7. The molecule has 1 aliphatic rings. The highest BCUT2D eigenvalue weighted by Crippen LogP contribution is 2.40. The van der Waals surface area contributed by atoms with Crippen LogP contribution in [0.15, 0.2) is 12.2 Å². The molecule has 0 bridgehead atoms. The van der Waals surface area contributed by atoms with Crippen molar-refractivity contribution in [2.24, 2.45) is 10.8 Å². The molecular formula is C16H28O3. The number of ether oxygens (including phenoxy) is 2. The van der Waals surface area contributed by atoms with Crippen LogP contribution in [0.25, 0.3) is 0 Å². The van der Waals surface area contributed by atoms with Crippen LogP contribution in [0.5, 0.6) is 0 Å². The molecule has 2 atom stereocenters. The third-order valence-corrected chi connectivity index (χ3v) is 3.65. The van der Waals surface area contributed by atoms with Gasteiger partial charge in [-0.1, -0.05) is 32.9 Å². The summed E-state index contributed by atoms with van der Waals surface area (Å²) in [6.07, 6.45) is 3.25. The lowest BCUT2D eigenvalue weighted by molar-refractivity contribution is -0.196. The topological polar surface area (TPSA) is 35.5 Å². The largest absolute Gasteiger partial charge is 0.435 e. The molecule has 1 heterocycles. The highest BCUT2D eigenvalue weighted by Gasteiger charge is 2.40. The van der Waals surface area contributed by atoms with Crippen LogP contribution in [0.3, 0.4) is 0 Å². The molecule has 0 aromatic carbocycles. The van der Waals surface area contributed by atoms with E-state index in [0.717, 1.165) is 31.3 Å². The van der Waals surface area contributed by atoms with E-state index in [4.69, 9.17) is 9.47 Å². The van der Waals surface area contributed by atoms with Crippen molar-refractivity contribution in [2.75, 3.05) is 6.61 Å². The second-order valence-corrected chi connectivity index (χ2v) is 7.05. The van der Waals surface area contributed by atoms with E-state index in [2.05, 4.69) is 27.4 Å². The van der Waals surface area contributed by atoms with Crippen molar-refractivity contribution in [2.45, 2.75) is 66.6 Å². The van der Waals surface area contributed by atoms with E-state index < -0.39 is 5.41 Å². The lowest BCUT2D eigenvalue weighted by atomic mass is 9.71. The van der Waals surface area contributed by atoms with Crippen LogP contribution < -0.4 is 0 Å². The normalized spacial score (nSPS) is 23.5. The van der Waals surface area contributed by atoms with Crippen molar-refractivity contribution in [1.29, 1.82) is 0 Å². The van der Waals surface area contributed by atoms with Crippen LogP contribution in [-0.2, 0) is 14.3 Å². The van der Waals surface area contributed by atoms with Gasteiger partial charge in [-0.15, -0.1) is 0 Å². The maximum atomic E-state index is 12.5. The standard InChI is InChI=1S/C16H28O3/c1-12(2)16(6,11-15(3,4)5)14(17)19-13-9-7-8-10-18-13/h13H,1,7-11H2,2-6H3. The minimum atomic E-state index is -0.640. The zero-order valence-corrected chi connectivity index (χ0v) is 13.0. The van der Waals surface area contributed by atoms with Gasteiger partial charge in [0.2, 0.25) is 6.29 Å². The Kier molecular flexibility index (Phi) is 5.19. The molecule has 0 N–H and O–H groups in total. The fourth-order valence-corrected chi connectivity index (χ4v) is 2.51. The molecule has 0 saturated carbocycles. The molecule has 1 saturated heterocycles. The molecule has 0 aromatic rings. The summed E-state index contributed by atoms with van der Waals surface area (Å²) in [6, 6.07) is 0. The summed E-state index contributed by atoms with van der Waals surface area (Å²) in [7, 11) is 0. The zero-order chi connectivity index (χ0) is 14.7. The summed E-state index contributed by atoms with van der Waals surface area (Å²) in [5.41, 5.74) is 0.252. The highest BCUT2D eigenvalue weighted by molar-refractivity contribution is 5.80. The molecule has 19 heavy (non-hydrogen) atoms. The third kappa shape index (κ3) is 4.64. The fourth-order valence-electron chi connectivity index (χ4n) is 2.51. The monoisotopic (exact) mass is 268 g/mol. The Morgan fingerprint density at radius 3 is 2.37 bits per heavy atom. The van der Waals surface area contributed by atoms with Gasteiger partial charge in [-0.25, -0.2) is 0 Å². The molecule has 3 nitrogen and oxygen atoms in total. The van der Waals surface area contributed by atoms with E-state index in [9.17, 15) is 4.79 Å². The van der Waals surface area contributed by atoms with Crippen molar-refractivity contribution in [1.82, 2.24) is 0 Å². The average molecular weight is 268 g/mol. The minimum absolute atomic E-state index is 0.0418. The van der Waals surface area contributed by atoms with Crippen LogP contribution in [0.2, 0.25) is 0 Å². The maximum absolute atomic E-state index is 12.5. The van der Waals surface area contributed by atoms with Crippen molar-refractivity contribution in [3.05, 3.63) is 12.2 Å². The number of rotatable bonds is 4. The predicted octanol–water partition coefficient (Wildman–Crippen LogP) is 4.07. The Morgan fingerprint density at radius 1 is 1.32 bits per heavy atom. The molecule has 1 aliphatic heterocycles. The van der Waals surface area contributed by atoms with Crippen LogP contribution in [-0.4, -0.2) is 18.9 Å². The van der Waals surface area contributed by atoms with E-state index in [1.165, 1.54) is 0 Å². The number of hydrogen-bond donors (Lipinski definition) is 0. The Labute approximate surface area is 117 Å². The summed E-state index contributed by atoms with van der Waals surface area (Å²) in [4.78, 5) is 12.5. The van der Waals surface area contributed by atoms with Crippen LogP contribution in [0, 0.1) is 10.8 Å². The lowest BCUT2D eigenvalue weighted by Gasteiger charge is -2.35. The average Bonchev–Trinajstić information content (AvgIpc) is 2.27. The Balaban J connectivity index is 2.74. The van der Waals surface area contributed by atoms with Gasteiger partial charge in [0.05, 0.1) is 12.0 Å². The number of esters is 1. The van der Waals surface area contributed by atoms with Crippen molar-refractivity contribution < 1.29 is 14.3 Å². The number of hydrogen-bond acceptors (Lipinski definition) is 3. The van der Waals surface area contributed by atoms with E-state index in [1.54, 1.807) is 0 Å². The summed E-state index contributed by atoms with van der Waals surface area (Å²) in [6.45, 7) is 14.9. The first-order valence-corrected chi connectivity index (χ1v) is 7.14. The molecular weight excluding hydrogens is 240 g/mol. The molecule has 0 aliphatic carbocycles. The van der Waals surface area contributed by atoms with Gasteiger partial charge in [-0.2, -0.15) is 0 Å². The fraction of sp³-hybridized carbons (Fsp3) is 0.812. The van der Waals surface area contributed by atoms with E-state index in [1.807, 2.05) is 13.8 Å². The van der Waals surface area contributed by atoms with E-state index in [-0.39, 0.29) is 17.7 Å². The van der Waals surface area contributed by atoms with E-state index in [0.29, 0.717) is 6.61 Å². The quantitative estimate of drug-likeness (QED) is 0.569. The molecule has 1 fully saturated rings. The summed E-state index contributed by atoms with van der Waals surface area (Å²) in [5, 5.41) is 0. The van der Waals surface area contributed by atoms with Gasteiger partial charge >= 0.3 is 5.97 Å². The van der Waals surface area contributed by atoms with Gasteiger partial charge < -0.3 is 9.47 Å². The molecule has 0 radical (unpaired) electrons. The predicted molar refractivity (Wildman–Crippen MR) is 76.7 cm³/mol. The van der Waals surface area contributed by atoms with Crippen LogP contribution >= 0.6 is 0 Å². The van der Waals surface area contributed by atoms with Gasteiger partial charge in [-0.05, 0) is 38.5 Å². The second-order valence-electron chi connectivity index (χ2n) is 7.05. The minimum Gasteiger partial charge on any atom is -0.435 e. The molecule has 3 heteroatoms. The lowest BCUT2D eigenvalue weighted by Crippen LogP contribution is -2.38. The van der Waals surface area contributed by atoms with Crippen molar-refractivity contribution >= 4 is 5.97 Å². The van der Waals surface area contributed by atoms with Gasteiger partial charge in [0.15, 0.2) is 0 Å². The molecule has 1 rings (SSSR count). The second kappa shape index (κ2) is 6.08. The first kappa shape index (κ1) is 16.2. The Morgan fingerprint density at radius 2 is 1.95 bits per heavy atom. The number of carbonyl (C=O) groups is 1. The Hall–Kier alpha value is -0.830. The molecule has 0 amide bonds. The van der Waals surface area contributed by atoms with Crippen LogP contribution in [0.4, 0.5) is 0 Å². The Bertz CT molecular complexity index is 334. The smallest absolute Gasteiger partial charge is 0.318 e. The zero-order valence-electron chi connectivity index (χ0n) is 13.0. The van der Waals surface area contributed by atoms with Crippen molar-refractivity contribution in [3.8, 4) is 0 Å². The SMILES string of the molecule is C=C(C)C(C)(CC(C)(C)C)C(=O)OC1CCCCO1. The maximum Gasteiger partial charge on any atom is 0.318 e. The van der Waals surface area contributed by atoms with Crippen molar-refractivity contribution in [3.63, 3.8) is 0 Å².